The third-order valence-electron chi connectivity index (χ3n) is 10.6. The van der Waals surface area contributed by atoms with Crippen LogP contribution in [0.1, 0.15) is 0 Å². The molecule has 0 fully saturated rings. The van der Waals surface area contributed by atoms with Gasteiger partial charge in [0.25, 0.3) is 0 Å². The molecule has 0 saturated heterocycles. The minimum absolute atomic E-state index is 0.224. The van der Waals surface area contributed by atoms with Crippen molar-refractivity contribution in [2.75, 3.05) is 4.81 Å². The summed E-state index contributed by atoms with van der Waals surface area (Å²) in [5, 5.41) is 8.26. The normalized spacial score (nSPS) is 12.6. The number of fused-ring (bicyclic) bond motifs is 13. The highest BCUT2D eigenvalue weighted by Crippen LogP contribution is 2.54. The molecule has 0 saturated carbocycles. The predicted molar refractivity (Wildman–Crippen MR) is 224 cm³/mol. The highest BCUT2D eigenvalue weighted by atomic mass is 32.1. The monoisotopic (exact) mass is 675 g/mol. The standard InChI is InChI=1S/C46H27B2N3S/c47-35-23-13-24-37-42(35)43(29-15-3-1-4-16-29)50-46(49-37)51-44-40(32-20-9-10-21-33(32)45-41(44)34-22-11-12-25-38(34)52-45)39-31-19-8-7-14-28(31)26-27-36(39)48(51)30-17-5-2-6-18-30/h1-27H. The van der Waals surface area contributed by atoms with Gasteiger partial charge in [-0.05, 0) is 39.3 Å². The van der Waals surface area contributed by atoms with Crippen LogP contribution in [0.15, 0.2) is 164 Å². The maximum Gasteiger partial charge on any atom is 0.332 e. The van der Waals surface area contributed by atoms with Crippen molar-refractivity contribution in [2.24, 2.45) is 0 Å². The second-order valence-corrected chi connectivity index (χ2v) is 14.5. The lowest BCUT2D eigenvalue weighted by atomic mass is 9.45. The Morgan fingerprint density at radius 2 is 1.23 bits per heavy atom. The van der Waals surface area contributed by atoms with E-state index in [-0.39, 0.29) is 6.85 Å². The SMILES string of the molecule is [B]c1cccc2nc(N3B(c4ccccc4)c4ccc5ccccc5c4-c4c3c3c5ccccc5sc3c3ccccc43)nc(-c3ccccc3)c12. The van der Waals surface area contributed by atoms with E-state index in [1.54, 1.807) is 0 Å². The van der Waals surface area contributed by atoms with E-state index in [0.29, 0.717) is 11.4 Å². The van der Waals surface area contributed by atoms with Gasteiger partial charge in [-0.25, -0.2) is 9.97 Å². The van der Waals surface area contributed by atoms with Crippen LogP contribution in [-0.4, -0.2) is 24.7 Å². The first-order chi connectivity index (χ1) is 25.7. The molecule has 3 heterocycles. The molecule has 0 atom stereocenters. The summed E-state index contributed by atoms with van der Waals surface area (Å²) in [5.41, 5.74) is 9.29. The van der Waals surface area contributed by atoms with Gasteiger partial charge in [0.2, 0.25) is 5.95 Å². The number of hydrogen-bond acceptors (Lipinski definition) is 4. The number of anilines is 2. The van der Waals surface area contributed by atoms with Crippen LogP contribution in [0.2, 0.25) is 0 Å². The predicted octanol–water partition coefficient (Wildman–Crippen LogP) is 9.69. The Hall–Kier alpha value is -6.23. The number of rotatable bonds is 3. The molecule has 0 bridgehead atoms. The zero-order valence-corrected chi connectivity index (χ0v) is 28.8. The van der Waals surface area contributed by atoms with E-state index in [9.17, 15) is 0 Å². The van der Waals surface area contributed by atoms with Gasteiger partial charge < -0.3 is 4.81 Å². The summed E-state index contributed by atoms with van der Waals surface area (Å²) in [4.78, 5) is 13.4. The molecular weight excluding hydrogens is 648 g/mol. The van der Waals surface area contributed by atoms with Crippen LogP contribution in [0.3, 0.4) is 0 Å². The smallest absolute Gasteiger partial charge is 0.332 e. The van der Waals surface area contributed by atoms with E-state index in [4.69, 9.17) is 17.8 Å². The summed E-state index contributed by atoms with van der Waals surface area (Å²) in [5.74, 6) is 0.637. The van der Waals surface area contributed by atoms with Crippen LogP contribution in [0.4, 0.5) is 11.6 Å². The number of thiophene rings is 1. The summed E-state index contributed by atoms with van der Waals surface area (Å²) < 4.78 is 2.53. The molecule has 1 aliphatic heterocycles. The van der Waals surface area contributed by atoms with Gasteiger partial charge in [0.15, 0.2) is 0 Å². The first-order valence-corrected chi connectivity index (χ1v) is 18.4. The maximum absolute atomic E-state index is 6.73. The topological polar surface area (TPSA) is 29.0 Å². The Bertz CT molecular complexity index is 3050. The Balaban J connectivity index is 1.39. The Kier molecular flexibility index (Phi) is 6.46. The summed E-state index contributed by atoms with van der Waals surface area (Å²) in [6.45, 7) is -0.224. The largest absolute Gasteiger partial charge is 0.345 e. The third-order valence-corrected chi connectivity index (χ3v) is 11.8. The summed E-state index contributed by atoms with van der Waals surface area (Å²) in [6.07, 6.45) is 0. The van der Waals surface area contributed by atoms with Gasteiger partial charge in [0.1, 0.15) is 7.85 Å². The Labute approximate surface area is 306 Å². The lowest BCUT2D eigenvalue weighted by molar-refractivity contribution is 1.16. The fourth-order valence-electron chi connectivity index (χ4n) is 8.47. The van der Waals surface area contributed by atoms with Crippen LogP contribution in [-0.2, 0) is 0 Å². The Morgan fingerprint density at radius 1 is 0.538 bits per heavy atom. The van der Waals surface area contributed by atoms with E-state index in [0.717, 1.165) is 27.8 Å². The maximum atomic E-state index is 6.73. The van der Waals surface area contributed by atoms with Crippen LogP contribution in [0, 0.1) is 0 Å². The molecule has 0 aliphatic carbocycles. The van der Waals surface area contributed by atoms with Gasteiger partial charge in [-0.15, -0.1) is 11.3 Å². The van der Waals surface area contributed by atoms with Crippen molar-refractivity contribution in [3.8, 4) is 22.4 Å². The molecule has 8 aromatic carbocycles. The molecule has 2 aromatic heterocycles. The molecule has 10 aromatic rings. The van der Waals surface area contributed by atoms with Crippen molar-refractivity contribution >= 4 is 107 Å². The van der Waals surface area contributed by atoms with Crippen molar-refractivity contribution in [2.45, 2.75) is 0 Å². The van der Waals surface area contributed by atoms with Crippen molar-refractivity contribution in [1.82, 2.24) is 9.97 Å². The van der Waals surface area contributed by atoms with Gasteiger partial charge in [-0.2, -0.15) is 0 Å². The number of benzene rings is 8. The van der Waals surface area contributed by atoms with Gasteiger partial charge in [-0.3, -0.25) is 0 Å². The van der Waals surface area contributed by atoms with Crippen LogP contribution in [0.25, 0.3) is 75.0 Å². The first kappa shape index (κ1) is 29.5. The van der Waals surface area contributed by atoms with E-state index < -0.39 is 0 Å². The minimum Gasteiger partial charge on any atom is -0.345 e. The van der Waals surface area contributed by atoms with Crippen LogP contribution in [0.5, 0.6) is 0 Å². The summed E-state index contributed by atoms with van der Waals surface area (Å²) in [7, 11) is 6.73. The minimum atomic E-state index is -0.224. The van der Waals surface area contributed by atoms with Gasteiger partial charge in [-0.1, -0.05) is 163 Å². The highest BCUT2D eigenvalue weighted by Gasteiger charge is 2.42. The molecule has 11 rings (SSSR count). The fourth-order valence-corrected chi connectivity index (χ4v) is 9.71. The second-order valence-electron chi connectivity index (χ2n) is 13.5. The molecule has 1 aliphatic rings. The zero-order valence-electron chi connectivity index (χ0n) is 28.0. The molecular formula is C46H27B2N3S. The van der Waals surface area contributed by atoms with Gasteiger partial charge >= 0.3 is 6.85 Å². The average Bonchev–Trinajstić information content (AvgIpc) is 3.60. The Morgan fingerprint density at radius 3 is 2.06 bits per heavy atom. The van der Waals surface area contributed by atoms with Crippen LogP contribution >= 0.6 is 11.3 Å². The molecule has 3 nitrogen and oxygen atoms in total. The van der Waals surface area contributed by atoms with E-state index in [1.165, 1.54) is 63.8 Å². The van der Waals surface area contributed by atoms with Crippen molar-refractivity contribution in [3.63, 3.8) is 0 Å². The van der Waals surface area contributed by atoms with Crippen molar-refractivity contribution in [1.29, 1.82) is 0 Å². The fraction of sp³-hybridized carbons (Fsp3) is 0. The quantitative estimate of drug-likeness (QED) is 0.175. The molecule has 0 amide bonds. The summed E-state index contributed by atoms with van der Waals surface area (Å²) in [6, 6.07) is 58.3. The van der Waals surface area contributed by atoms with Crippen molar-refractivity contribution < 1.29 is 0 Å². The molecule has 0 unspecified atom stereocenters. The van der Waals surface area contributed by atoms with Crippen molar-refractivity contribution in [3.05, 3.63) is 164 Å². The lowest BCUT2D eigenvalue weighted by Crippen LogP contribution is -2.58. The highest BCUT2D eigenvalue weighted by molar-refractivity contribution is 7.27. The number of nitrogens with zero attached hydrogens (tertiary/aromatic N) is 3. The zero-order chi connectivity index (χ0) is 34.3. The third kappa shape index (κ3) is 4.22. The molecule has 6 heteroatoms. The first-order valence-electron chi connectivity index (χ1n) is 17.6. The molecule has 0 spiro atoms. The molecule has 2 radical (unpaired) electrons. The molecule has 0 N–H and O–H groups in total. The number of aromatic nitrogens is 2. The van der Waals surface area contributed by atoms with E-state index in [1.807, 2.05) is 29.5 Å². The van der Waals surface area contributed by atoms with E-state index >= 15 is 0 Å². The lowest BCUT2D eigenvalue weighted by Gasteiger charge is -2.39. The molecule has 238 valence electrons. The van der Waals surface area contributed by atoms with Crippen LogP contribution < -0.4 is 21.2 Å². The van der Waals surface area contributed by atoms with Gasteiger partial charge in [0.05, 0.1) is 11.2 Å². The second kappa shape index (κ2) is 11.4. The average molecular weight is 675 g/mol. The summed E-state index contributed by atoms with van der Waals surface area (Å²) >= 11 is 1.86. The van der Waals surface area contributed by atoms with Gasteiger partial charge in [0, 0.05) is 47.8 Å². The molecule has 52 heavy (non-hydrogen) atoms. The van der Waals surface area contributed by atoms with E-state index in [2.05, 4.69) is 150 Å². The number of hydrogen-bond donors (Lipinski definition) is 0.